The van der Waals surface area contributed by atoms with E-state index in [1.165, 1.54) is 17.7 Å². The number of aromatic nitrogens is 1. The fraction of sp³-hybridized carbons (Fsp3) is 0.409. The highest BCUT2D eigenvalue weighted by Gasteiger charge is 2.36. The lowest BCUT2D eigenvalue weighted by Crippen LogP contribution is -2.57. The molecule has 6 nitrogen and oxygen atoms in total. The van der Waals surface area contributed by atoms with Crippen molar-refractivity contribution in [1.29, 1.82) is 5.26 Å². The summed E-state index contributed by atoms with van der Waals surface area (Å²) in [4.78, 5) is 24.1. The predicted molar refractivity (Wildman–Crippen MR) is 108 cm³/mol. The lowest BCUT2D eigenvalue weighted by Gasteiger charge is -2.32. The Morgan fingerprint density at radius 1 is 1.28 bits per heavy atom. The number of hydrogen-bond donors (Lipinski definition) is 2. The molecule has 1 aromatic heterocycles. The predicted octanol–water partition coefficient (Wildman–Crippen LogP) is 2.40. The summed E-state index contributed by atoms with van der Waals surface area (Å²) in [6.07, 6.45) is 6.13. The van der Waals surface area contributed by atoms with Gasteiger partial charge in [0.05, 0.1) is 11.6 Å². The average Bonchev–Trinajstić information content (AvgIpc) is 2.72. The van der Waals surface area contributed by atoms with Crippen LogP contribution in [0.4, 0.5) is 4.39 Å². The summed E-state index contributed by atoms with van der Waals surface area (Å²) in [5.74, 6) is -1.07. The van der Waals surface area contributed by atoms with Crippen LogP contribution in [0.15, 0.2) is 41.3 Å². The SMILES string of the molecule is Cn1cc(-c2ccc(CC(C#N)NC(=O)C3(N)CCCCC3)cc2)cc(F)c1=O. The maximum Gasteiger partial charge on any atom is 0.286 e. The molecule has 152 valence electrons. The van der Waals surface area contributed by atoms with Gasteiger partial charge in [0.25, 0.3) is 5.56 Å². The van der Waals surface area contributed by atoms with E-state index in [0.717, 1.165) is 30.4 Å². The third kappa shape index (κ3) is 4.72. The van der Waals surface area contributed by atoms with E-state index < -0.39 is 23.0 Å². The number of nitrogens with two attached hydrogens (primary N) is 1. The van der Waals surface area contributed by atoms with Gasteiger partial charge >= 0.3 is 0 Å². The number of nitrogens with zero attached hydrogens (tertiary/aromatic N) is 2. The summed E-state index contributed by atoms with van der Waals surface area (Å²) >= 11 is 0. The summed E-state index contributed by atoms with van der Waals surface area (Å²) in [6.45, 7) is 0. The van der Waals surface area contributed by atoms with E-state index in [2.05, 4.69) is 11.4 Å². The average molecular weight is 396 g/mol. The number of aryl methyl sites for hydroxylation is 1. The number of carbonyl (C=O) groups excluding carboxylic acids is 1. The number of carbonyl (C=O) groups is 1. The molecule has 2 aromatic rings. The fourth-order valence-corrected chi connectivity index (χ4v) is 3.74. The van der Waals surface area contributed by atoms with Gasteiger partial charge < -0.3 is 15.6 Å². The molecule has 0 saturated heterocycles. The van der Waals surface area contributed by atoms with Crippen molar-refractivity contribution in [2.75, 3.05) is 0 Å². The van der Waals surface area contributed by atoms with Gasteiger partial charge in [-0.25, -0.2) is 4.39 Å². The molecule has 1 aromatic carbocycles. The number of halogens is 1. The highest BCUT2D eigenvalue weighted by atomic mass is 19.1. The Hall–Kier alpha value is -2.98. The summed E-state index contributed by atoms with van der Waals surface area (Å²) in [5, 5.41) is 12.2. The molecule has 7 heteroatoms. The molecule has 0 spiro atoms. The largest absolute Gasteiger partial charge is 0.338 e. The van der Waals surface area contributed by atoms with Crippen LogP contribution >= 0.6 is 0 Å². The number of hydrogen-bond acceptors (Lipinski definition) is 4. The molecule has 0 aliphatic heterocycles. The monoisotopic (exact) mass is 396 g/mol. The normalized spacial score (nSPS) is 16.6. The second-order valence-corrected chi connectivity index (χ2v) is 7.77. The number of nitriles is 1. The topological polar surface area (TPSA) is 101 Å². The zero-order chi connectivity index (χ0) is 21.0. The first-order valence-electron chi connectivity index (χ1n) is 9.77. The molecule has 1 aliphatic rings. The highest BCUT2D eigenvalue weighted by Crippen LogP contribution is 2.26. The number of rotatable bonds is 5. The standard InChI is InChI=1S/C22H25FN4O2/c1-27-14-17(12-19(23)20(27)28)16-7-5-15(6-8-16)11-18(13-24)26-21(29)22(25)9-3-2-4-10-22/h5-8,12,14,18H,2-4,9-11,25H2,1H3,(H,26,29). The number of amides is 1. The maximum atomic E-state index is 13.7. The Labute approximate surface area is 169 Å². The van der Waals surface area contributed by atoms with E-state index in [9.17, 15) is 19.2 Å². The van der Waals surface area contributed by atoms with E-state index in [4.69, 9.17) is 5.73 Å². The molecule has 3 N–H and O–H groups in total. The quantitative estimate of drug-likeness (QED) is 0.810. The number of benzene rings is 1. The zero-order valence-electron chi connectivity index (χ0n) is 16.5. The molecule has 1 heterocycles. The van der Waals surface area contributed by atoms with Crippen LogP contribution in [0.5, 0.6) is 0 Å². The molecular formula is C22H25FN4O2. The van der Waals surface area contributed by atoms with Gasteiger partial charge in [-0.2, -0.15) is 5.26 Å². The molecule has 3 rings (SSSR count). The smallest absolute Gasteiger partial charge is 0.286 e. The lowest BCUT2D eigenvalue weighted by atomic mass is 9.81. The van der Waals surface area contributed by atoms with Gasteiger partial charge in [-0.05, 0) is 30.0 Å². The third-order valence-corrected chi connectivity index (χ3v) is 5.53. The Kier molecular flexibility index (Phi) is 6.14. The van der Waals surface area contributed by atoms with Crippen molar-refractivity contribution in [1.82, 2.24) is 9.88 Å². The molecule has 1 fully saturated rings. The van der Waals surface area contributed by atoms with Crippen molar-refractivity contribution < 1.29 is 9.18 Å². The van der Waals surface area contributed by atoms with Crippen LogP contribution in [-0.4, -0.2) is 22.1 Å². The molecule has 1 unspecified atom stereocenters. The van der Waals surface area contributed by atoms with Crippen molar-refractivity contribution in [3.63, 3.8) is 0 Å². The van der Waals surface area contributed by atoms with Gasteiger partial charge in [0, 0.05) is 25.2 Å². The van der Waals surface area contributed by atoms with Crippen LogP contribution in [0.3, 0.4) is 0 Å². The van der Waals surface area contributed by atoms with Gasteiger partial charge in [0.2, 0.25) is 5.91 Å². The summed E-state index contributed by atoms with van der Waals surface area (Å²) in [7, 11) is 1.50. The van der Waals surface area contributed by atoms with E-state index in [1.807, 2.05) is 12.1 Å². The molecule has 1 atom stereocenters. The maximum absolute atomic E-state index is 13.7. The summed E-state index contributed by atoms with van der Waals surface area (Å²) in [5.41, 5.74) is 6.89. The minimum atomic E-state index is -0.884. The Balaban J connectivity index is 1.69. The van der Waals surface area contributed by atoms with Crippen molar-refractivity contribution >= 4 is 5.91 Å². The van der Waals surface area contributed by atoms with E-state index in [-0.39, 0.29) is 5.91 Å². The van der Waals surface area contributed by atoms with Gasteiger partial charge in [0.1, 0.15) is 6.04 Å². The Bertz CT molecular complexity index is 959. The Morgan fingerprint density at radius 2 is 1.93 bits per heavy atom. The second kappa shape index (κ2) is 8.58. The third-order valence-electron chi connectivity index (χ3n) is 5.53. The molecule has 1 aliphatic carbocycles. The van der Waals surface area contributed by atoms with Crippen molar-refractivity contribution in [3.05, 3.63) is 58.3 Å². The van der Waals surface area contributed by atoms with Gasteiger partial charge in [-0.1, -0.05) is 43.5 Å². The van der Waals surface area contributed by atoms with E-state index >= 15 is 0 Å². The zero-order valence-corrected chi connectivity index (χ0v) is 16.5. The lowest BCUT2D eigenvalue weighted by molar-refractivity contribution is -0.127. The van der Waals surface area contributed by atoms with Crippen LogP contribution < -0.4 is 16.6 Å². The fourth-order valence-electron chi connectivity index (χ4n) is 3.74. The first kappa shape index (κ1) is 20.7. The van der Waals surface area contributed by atoms with Crippen LogP contribution in [0, 0.1) is 17.1 Å². The molecule has 1 saturated carbocycles. The van der Waals surface area contributed by atoms with E-state index in [1.54, 1.807) is 18.3 Å². The van der Waals surface area contributed by atoms with Crippen molar-refractivity contribution in [2.24, 2.45) is 12.8 Å². The van der Waals surface area contributed by atoms with Crippen LogP contribution in [0.2, 0.25) is 0 Å². The molecule has 1 amide bonds. The molecule has 29 heavy (non-hydrogen) atoms. The summed E-state index contributed by atoms with van der Waals surface area (Å²) in [6, 6.07) is 9.92. The van der Waals surface area contributed by atoms with Crippen molar-refractivity contribution in [3.8, 4) is 17.2 Å². The van der Waals surface area contributed by atoms with Crippen molar-refractivity contribution in [2.45, 2.75) is 50.1 Å². The number of pyridine rings is 1. The summed E-state index contributed by atoms with van der Waals surface area (Å²) < 4.78 is 14.9. The minimum Gasteiger partial charge on any atom is -0.338 e. The van der Waals surface area contributed by atoms with Crippen LogP contribution in [0.1, 0.15) is 37.7 Å². The van der Waals surface area contributed by atoms with E-state index in [0.29, 0.717) is 24.8 Å². The van der Waals surface area contributed by atoms with Crippen LogP contribution in [-0.2, 0) is 18.3 Å². The highest BCUT2D eigenvalue weighted by molar-refractivity contribution is 5.86. The molecular weight excluding hydrogens is 371 g/mol. The molecule has 0 radical (unpaired) electrons. The minimum absolute atomic E-state index is 0.263. The van der Waals surface area contributed by atoms with Crippen LogP contribution in [0.25, 0.3) is 11.1 Å². The Morgan fingerprint density at radius 3 is 2.52 bits per heavy atom. The molecule has 0 bridgehead atoms. The van der Waals surface area contributed by atoms with Gasteiger partial charge in [-0.15, -0.1) is 0 Å². The van der Waals surface area contributed by atoms with Gasteiger partial charge in [0.15, 0.2) is 5.82 Å². The van der Waals surface area contributed by atoms with Gasteiger partial charge in [-0.3, -0.25) is 9.59 Å². The first-order valence-corrected chi connectivity index (χ1v) is 9.77. The number of nitrogens with one attached hydrogen (secondary N) is 1. The second-order valence-electron chi connectivity index (χ2n) is 7.77. The first-order chi connectivity index (χ1) is 13.8.